The van der Waals surface area contributed by atoms with Gasteiger partial charge in [-0.2, -0.15) is 9.97 Å². The predicted octanol–water partition coefficient (Wildman–Crippen LogP) is -0.169. The standard InChI is InChI=1S/C12H21N5O3/c1-18-9-4-5-17(8(6-9)7-13)10-14-11(19-2)16-12(15-10)20-3/h8-9H,4-7,13H2,1-3H3. The molecule has 2 atom stereocenters. The van der Waals surface area contributed by atoms with E-state index in [0.717, 1.165) is 19.4 Å². The Kier molecular flexibility index (Phi) is 4.91. The van der Waals surface area contributed by atoms with Gasteiger partial charge in [0, 0.05) is 26.2 Å². The summed E-state index contributed by atoms with van der Waals surface area (Å²) < 4.78 is 15.6. The largest absolute Gasteiger partial charge is 0.467 e. The van der Waals surface area contributed by atoms with E-state index in [2.05, 4.69) is 19.9 Å². The first kappa shape index (κ1) is 14.7. The molecule has 8 heteroatoms. The molecule has 0 amide bonds. The van der Waals surface area contributed by atoms with Crippen LogP contribution in [0.4, 0.5) is 5.95 Å². The highest BCUT2D eigenvalue weighted by Gasteiger charge is 2.30. The summed E-state index contributed by atoms with van der Waals surface area (Å²) in [6, 6.07) is 0.596. The Morgan fingerprint density at radius 1 is 1.15 bits per heavy atom. The molecular formula is C12H21N5O3. The molecule has 0 aliphatic carbocycles. The predicted molar refractivity (Wildman–Crippen MR) is 73.2 cm³/mol. The molecule has 0 radical (unpaired) electrons. The van der Waals surface area contributed by atoms with Crippen LogP contribution in [0.1, 0.15) is 12.8 Å². The summed E-state index contributed by atoms with van der Waals surface area (Å²) in [6.07, 6.45) is 1.98. The third kappa shape index (κ3) is 3.07. The number of hydrogen-bond donors (Lipinski definition) is 1. The zero-order valence-corrected chi connectivity index (χ0v) is 12.1. The fourth-order valence-corrected chi connectivity index (χ4v) is 2.35. The van der Waals surface area contributed by atoms with Crippen molar-refractivity contribution < 1.29 is 14.2 Å². The second-order valence-corrected chi connectivity index (χ2v) is 4.57. The topological polar surface area (TPSA) is 95.6 Å². The second kappa shape index (κ2) is 6.67. The normalized spacial score (nSPS) is 22.7. The third-order valence-corrected chi connectivity index (χ3v) is 3.48. The van der Waals surface area contributed by atoms with Crippen molar-refractivity contribution in [1.29, 1.82) is 0 Å². The van der Waals surface area contributed by atoms with E-state index in [0.29, 0.717) is 12.5 Å². The summed E-state index contributed by atoms with van der Waals surface area (Å²) >= 11 is 0. The number of rotatable bonds is 5. The van der Waals surface area contributed by atoms with Gasteiger partial charge in [-0.1, -0.05) is 0 Å². The first-order valence-corrected chi connectivity index (χ1v) is 6.55. The van der Waals surface area contributed by atoms with Gasteiger partial charge in [0.05, 0.1) is 20.3 Å². The van der Waals surface area contributed by atoms with Crippen LogP contribution in [0.15, 0.2) is 0 Å². The molecule has 2 rings (SSSR count). The lowest BCUT2D eigenvalue weighted by atomic mass is 10.00. The number of methoxy groups -OCH3 is 3. The van der Waals surface area contributed by atoms with Gasteiger partial charge in [-0.25, -0.2) is 0 Å². The maximum atomic E-state index is 5.86. The summed E-state index contributed by atoms with van der Waals surface area (Å²) in [6.45, 7) is 1.28. The molecule has 1 fully saturated rings. The van der Waals surface area contributed by atoms with E-state index in [-0.39, 0.29) is 24.2 Å². The van der Waals surface area contributed by atoms with Gasteiger partial charge >= 0.3 is 12.0 Å². The van der Waals surface area contributed by atoms with Gasteiger partial charge in [-0.15, -0.1) is 4.98 Å². The molecule has 2 heterocycles. The van der Waals surface area contributed by atoms with Crippen LogP contribution in [0.5, 0.6) is 12.0 Å². The fraction of sp³-hybridized carbons (Fsp3) is 0.750. The van der Waals surface area contributed by atoms with E-state index in [1.54, 1.807) is 7.11 Å². The molecule has 2 N–H and O–H groups in total. The summed E-state index contributed by atoms with van der Waals surface area (Å²) in [5.41, 5.74) is 5.86. The van der Waals surface area contributed by atoms with Gasteiger partial charge in [0.2, 0.25) is 5.95 Å². The third-order valence-electron chi connectivity index (χ3n) is 3.48. The van der Waals surface area contributed by atoms with Crippen molar-refractivity contribution in [2.24, 2.45) is 5.73 Å². The summed E-state index contributed by atoms with van der Waals surface area (Å²) in [4.78, 5) is 14.6. The van der Waals surface area contributed by atoms with E-state index in [9.17, 15) is 0 Å². The van der Waals surface area contributed by atoms with Crippen LogP contribution < -0.4 is 20.1 Å². The molecule has 0 spiro atoms. The number of nitrogens with zero attached hydrogens (tertiary/aromatic N) is 4. The molecule has 0 bridgehead atoms. The number of piperidine rings is 1. The van der Waals surface area contributed by atoms with Crippen molar-refractivity contribution in [2.75, 3.05) is 39.3 Å². The summed E-state index contributed by atoms with van der Waals surface area (Å²) in [7, 11) is 4.75. The molecule has 1 aliphatic rings. The van der Waals surface area contributed by atoms with E-state index >= 15 is 0 Å². The highest BCUT2D eigenvalue weighted by molar-refractivity contribution is 5.35. The summed E-state index contributed by atoms with van der Waals surface area (Å²) in [5.74, 6) is 0.527. The van der Waals surface area contributed by atoms with Gasteiger partial charge in [0.1, 0.15) is 0 Å². The molecular weight excluding hydrogens is 262 g/mol. The first-order valence-electron chi connectivity index (χ1n) is 6.55. The van der Waals surface area contributed by atoms with Crippen LogP contribution in [-0.4, -0.2) is 61.5 Å². The van der Waals surface area contributed by atoms with Gasteiger partial charge in [-0.3, -0.25) is 0 Å². The first-order chi connectivity index (χ1) is 9.71. The molecule has 1 aromatic rings. The van der Waals surface area contributed by atoms with E-state index in [4.69, 9.17) is 19.9 Å². The number of hydrogen-bond acceptors (Lipinski definition) is 8. The Morgan fingerprint density at radius 2 is 1.80 bits per heavy atom. The molecule has 1 aliphatic heterocycles. The number of anilines is 1. The van der Waals surface area contributed by atoms with Crippen molar-refractivity contribution in [2.45, 2.75) is 25.0 Å². The average molecular weight is 283 g/mol. The van der Waals surface area contributed by atoms with E-state index < -0.39 is 0 Å². The quantitative estimate of drug-likeness (QED) is 0.796. The number of ether oxygens (including phenoxy) is 3. The van der Waals surface area contributed by atoms with Crippen LogP contribution in [0.3, 0.4) is 0 Å². The molecule has 112 valence electrons. The Morgan fingerprint density at radius 3 is 2.30 bits per heavy atom. The van der Waals surface area contributed by atoms with Crippen molar-refractivity contribution in [3.05, 3.63) is 0 Å². The minimum atomic E-state index is 0.130. The van der Waals surface area contributed by atoms with Gasteiger partial charge in [0.15, 0.2) is 0 Å². The van der Waals surface area contributed by atoms with E-state index in [1.165, 1.54) is 14.2 Å². The smallest absolute Gasteiger partial charge is 0.324 e. The van der Waals surface area contributed by atoms with Crippen molar-refractivity contribution in [3.63, 3.8) is 0 Å². The molecule has 8 nitrogen and oxygen atoms in total. The highest BCUT2D eigenvalue weighted by Crippen LogP contribution is 2.25. The van der Waals surface area contributed by atoms with Crippen LogP contribution in [0.2, 0.25) is 0 Å². The van der Waals surface area contributed by atoms with Crippen LogP contribution in [0, 0.1) is 0 Å². The molecule has 0 aromatic carbocycles. The zero-order valence-electron chi connectivity index (χ0n) is 12.1. The number of aromatic nitrogens is 3. The molecule has 1 aromatic heterocycles. The minimum absolute atomic E-state index is 0.130. The highest BCUT2D eigenvalue weighted by atomic mass is 16.5. The maximum absolute atomic E-state index is 5.86. The zero-order chi connectivity index (χ0) is 14.5. The van der Waals surface area contributed by atoms with Crippen LogP contribution in [0.25, 0.3) is 0 Å². The maximum Gasteiger partial charge on any atom is 0.324 e. The van der Waals surface area contributed by atoms with Crippen LogP contribution >= 0.6 is 0 Å². The van der Waals surface area contributed by atoms with Crippen molar-refractivity contribution in [1.82, 2.24) is 15.0 Å². The lowest BCUT2D eigenvalue weighted by Crippen LogP contribution is -2.49. The lowest BCUT2D eigenvalue weighted by Gasteiger charge is -2.38. The average Bonchev–Trinajstić information content (AvgIpc) is 2.53. The Labute approximate surface area is 118 Å². The van der Waals surface area contributed by atoms with Crippen molar-refractivity contribution in [3.8, 4) is 12.0 Å². The Hall–Kier alpha value is -1.67. The van der Waals surface area contributed by atoms with E-state index in [1.807, 2.05) is 0 Å². The Balaban J connectivity index is 2.25. The molecule has 20 heavy (non-hydrogen) atoms. The van der Waals surface area contributed by atoms with Crippen LogP contribution in [-0.2, 0) is 4.74 Å². The molecule has 2 unspecified atom stereocenters. The van der Waals surface area contributed by atoms with Gasteiger partial charge < -0.3 is 24.8 Å². The summed E-state index contributed by atoms with van der Waals surface area (Å²) in [5, 5.41) is 0. The fourth-order valence-electron chi connectivity index (χ4n) is 2.35. The van der Waals surface area contributed by atoms with Gasteiger partial charge in [-0.05, 0) is 12.8 Å². The van der Waals surface area contributed by atoms with Gasteiger partial charge in [0.25, 0.3) is 0 Å². The molecule has 0 saturated carbocycles. The molecule has 1 saturated heterocycles. The SMILES string of the molecule is COc1nc(OC)nc(N2CCC(OC)CC2CN)n1. The van der Waals surface area contributed by atoms with Crippen molar-refractivity contribution >= 4 is 5.95 Å². The Bertz CT molecular complexity index is 423. The number of nitrogens with two attached hydrogens (primary N) is 1. The lowest BCUT2D eigenvalue weighted by molar-refractivity contribution is 0.0705. The minimum Gasteiger partial charge on any atom is -0.467 e. The second-order valence-electron chi connectivity index (χ2n) is 4.57. The monoisotopic (exact) mass is 283 g/mol.